The van der Waals surface area contributed by atoms with Crippen LogP contribution in [0.25, 0.3) is 0 Å². The summed E-state index contributed by atoms with van der Waals surface area (Å²) in [5, 5.41) is 24.8. The normalized spacial score (nSPS) is 14.3. The molecule has 1 atom stereocenters. The highest BCUT2D eigenvalue weighted by Gasteiger charge is 2.35. The zero-order chi connectivity index (χ0) is 27.7. The Morgan fingerprint density at radius 2 is 1.67 bits per heavy atom. The predicted molar refractivity (Wildman–Crippen MR) is 149 cm³/mol. The van der Waals surface area contributed by atoms with E-state index in [0.717, 1.165) is 11.1 Å². The number of nitro groups is 1. The summed E-state index contributed by atoms with van der Waals surface area (Å²) < 4.78 is 1.56. The number of aromatic nitrogens is 2. The summed E-state index contributed by atoms with van der Waals surface area (Å²) in [5.74, 6) is -0.313. The largest absolute Gasteiger partial charge is 0.343 e. The van der Waals surface area contributed by atoms with Crippen molar-refractivity contribution in [2.45, 2.75) is 26.8 Å². The van der Waals surface area contributed by atoms with Crippen molar-refractivity contribution in [1.82, 2.24) is 9.78 Å². The number of carbonyl (C=O) groups is 2. The highest BCUT2D eigenvalue weighted by molar-refractivity contribution is 6.09. The number of non-ortho nitro benzene ring substituents is 1. The van der Waals surface area contributed by atoms with E-state index in [2.05, 4.69) is 21.0 Å². The number of aryl methyl sites for hydroxylation is 2. The van der Waals surface area contributed by atoms with Crippen molar-refractivity contribution < 1.29 is 14.5 Å². The number of benzene rings is 3. The van der Waals surface area contributed by atoms with Crippen LogP contribution in [0, 0.1) is 24.0 Å². The average molecular weight is 523 g/mol. The summed E-state index contributed by atoms with van der Waals surface area (Å²) in [5.41, 5.74) is 5.01. The molecule has 1 aliphatic heterocycles. The Morgan fingerprint density at radius 1 is 0.949 bits per heavy atom. The van der Waals surface area contributed by atoms with E-state index in [1.807, 2.05) is 50.2 Å². The van der Waals surface area contributed by atoms with Crippen LogP contribution in [0.5, 0.6) is 0 Å². The lowest BCUT2D eigenvalue weighted by Crippen LogP contribution is -2.32. The number of nitrogens with one attached hydrogen (secondary N) is 3. The second-order valence-electron chi connectivity index (χ2n) is 9.36. The number of amides is 2. The van der Waals surface area contributed by atoms with Gasteiger partial charge in [-0.15, -0.1) is 0 Å². The lowest BCUT2D eigenvalue weighted by atomic mass is 9.94. The topological polar surface area (TPSA) is 131 Å². The number of hydrogen-bond donors (Lipinski definition) is 3. The van der Waals surface area contributed by atoms with Gasteiger partial charge in [-0.25, -0.2) is 4.68 Å². The maximum atomic E-state index is 13.7. The number of allylic oxidation sites excluding steroid dienone is 1. The number of fused-ring (bicyclic) bond motifs is 1. The van der Waals surface area contributed by atoms with Crippen LogP contribution in [0.4, 0.5) is 22.9 Å². The molecule has 0 fully saturated rings. The van der Waals surface area contributed by atoms with Gasteiger partial charge in [-0.1, -0.05) is 35.9 Å². The van der Waals surface area contributed by atoms with Crippen LogP contribution in [0.15, 0.2) is 90.3 Å². The van der Waals surface area contributed by atoms with Gasteiger partial charge in [-0.3, -0.25) is 19.7 Å². The van der Waals surface area contributed by atoms with Crippen molar-refractivity contribution in [3.05, 3.63) is 123 Å². The van der Waals surface area contributed by atoms with E-state index in [1.54, 1.807) is 35.9 Å². The van der Waals surface area contributed by atoms with Gasteiger partial charge in [0.05, 0.1) is 16.7 Å². The fourth-order valence-corrected chi connectivity index (χ4v) is 4.67. The van der Waals surface area contributed by atoms with E-state index in [0.29, 0.717) is 39.6 Å². The quantitative estimate of drug-likeness (QED) is 0.224. The van der Waals surface area contributed by atoms with Crippen molar-refractivity contribution in [2.75, 3.05) is 16.0 Å². The molecule has 0 aliphatic carbocycles. The molecule has 0 unspecified atom stereocenters. The third-order valence-electron chi connectivity index (χ3n) is 6.59. The van der Waals surface area contributed by atoms with Crippen LogP contribution in [-0.4, -0.2) is 26.5 Å². The van der Waals surface area contributed by atoms with Gasteiger partial charge in [0.2, 0.25) is 0 Å². The number of para-hydroxylation sites is 1. The molecule has 10 heteroatoms. The molecular formula is C29H26N6O4. The van der Waals surface area contributed by atoms with Gasteiger partial charge in [0.1, 0.15) is 17.4 Å². The average Bonchev–Trinajstić information content (AvgIpc) is 3.33. The second kappa shape index (κ2) is 10.3. The third kappa shape index (κ3) is 4.99. The Labute approximate surface area is 224 Å². The lowest BCUT2D eigenvalue weighted by Gasteiger charge is -2.30. The van der Waals surface area contributed by atoms with Crippen molar-refractivity contribution in [3.8, 4) is 0 Å². The molecule has 2 heterocycles. The van der Waals surface area contributed by atoms with Gasteiger partial charge in [-0.05, 0) is 62.2 Å². The van der Waals surface area contributed by atoms with Crippen LogP contribution in [0.3, 0.4) is 0 Å². The number of anilines is 3. The predicted octanol–water partition coefficient (Wildman–Crippen LogP) is 5.59. The summed E-state index contributed by atoms with van der Waals surface area (Å²) in [6.45, 7) is 5.65. The number of hydrogen-bond acceptors (Lipinski definition) is 6. The van der Waals surface area contributed by atoms with Gasteiger partial charge >= 0.3 is 0 Å². The molecule has 10 nitrogen and oxygen atoms in total. The highest BCUT2D eigenvalue weighted by Crippen LogP contribution is 2.38. The molecule has 0 radical (unpaired) electrons. The van der Waals surface area contributed by atoms with E-state index in [1.165, 1.54) is 18.3 Å². The fraction of sp³-hybridized carbons (Fsp3) is 0.138. The molecule has 0 saturated heterocycles. The lowest BCUT2D eigenvalue weighted by molar-refractivity contribution is -0.384. The Balaban J connectivity index is 1.56. The first-order valence-corrected chi connectivity index (χ1v) is 12.3. The molecule has 4 aromatic rings. The first-order chi connectivity index (χ1) is 18.7. The summed E-state index contributed by atoms with van der Waals surface area (Å²) in [6, 6.07) is 20.0. The molecule has 196 valence electrons. The van der Waals surface area contributed by atoms with Gasteiger partial charge in [0.25, 0.3) is 17.5 Å². The molecule has 0 bridgehead atoms. The van der Waals surface area contributed by atoms with E-state index >= 15 is 0 Å². The molecule has 1 aliphatic rings. The monoisotopic (exact) mass is 522 g/mol. The van der Waals surface area contributed by atoms with Crippen molar-refractivity contribution in [3.63, 3.8) is 0 Å². The summed E-state index contributed by atoms with van der Waals surface area (Å²) >= 11 is 0. The van der Waals surface area contributed by atoms with E-state index in [4.69, 9.17) is 0 Å². The molecule has 0 spiro atoms. The van der Waals surface area contributed by atoms with Crippen LogP contribution in [0.1, 0.15) is 40.0 Å². The van der Waals surface area contributed by atoms with Crippen LogP contribution in [0.2, 0.25) is 0 Å². The molecule has 39 heavy (non-hydrogen) atoms. The Kier molecular flexibility index (Phi) is 6.68. The summed E-state index contributed by atoms with van der Waals surface area (Å²) in [7, 11) is 0. The number of nitrogens with zero attached hydrogens (tertiary/aromatic N) is 3. The third-order valence-corrected chi connectivity index (χ3v) is 6.59. The number of carbonyl (C=O) groups excluding carboxylic acids is 2. The van der Waals surface area contributed by atoms with E-state index < -0.39 is 11.0 Å². The Hall–Kier alpha value is -5.25. The van der Waals surface area contributed by atoms with E-state index in [-0.39, 0.29) is 17.5 Å². The van der Waals surface area contributed by atoms with Crippen LogP contribution < -0.4 is 16.0 Å². The molecule has 3 aromatic carbocycles. The van der Waals surface area contributed by atoms with Crippen molar-refractivity contribution >= 4 is 34.7 Å². The smallest absolute Gasteiger partial charge is 0.269 e. The summed E-state index contributed by atoms with van der Waals surface area (Å²) in [6.07, 6.45) is 1.44. The van der Waals surface area contributed by atoms with Gasteiger partial charge in [-0.2, -0.15) is 5.10 Å². The first-order valence-electron chi connectivity index (χ1n) is 12.3. The Bertz CT molecular complexity index is 1620. The minimum atomic E-state index is -0.744. The highest BCUT2D eigenvalue weighted by atomic mass is 16.6. The maximum Gasteiger partial charge on any atom is 0.269 e. The fourth-order valence-electron chi connectivity index (χ4n) is 4.67. The Morgan fingerprint density at radius 3 is 2.33 bits per heavy atom. The SMILES string of the molecule is CC1=C(C(=O)Nc2ccc(C)cc2C)[C@H](c2ccc([N+](=O)[O-])cc2)n2ncc(C(=O)Nc3ccccc3)c2N1. The van der Waals surface area contributed by atoms with Crippen molar-refractivity contribution in [1.29, 1.82) is 0 Å². The van der Waals surface area contributed by atoms with Crippen LogP contribution in [-0.2, 0) is 4.79 Å². The zero-order valence-electron chi connectivity index (χ0n) is 21.6. The molecular weight excluding hydrogens is 496 g/mol. The minimum Gasteiger partial charge on any atom is -0.343 e. The van der Waals surface area contributed by atoms with Gasteiger partial charge < -0.3 is 16.0 Å². The molecule has 0 saturated carbocycles. The van der Waals surface area contributed by atoms with Gasteiger partial charge in [0.15, 0.2) is 0 Å². The molecule has 1 aromatic heterocycles. The van der Waals surface area contributed by atoms with Crippen molar-refractivity contribution in [2.24, 2.45) is 0 Å². The second-order valence-corrected chi connectivity index (χ2v) is 9.36. The molecule has 5 rings (SSSR count). The standard InChI is InChI=1S/C29H26N6O4/c1-17-9-14-24(18(2)15-17)33-29(37)25-19(3)31-27-23(28(36)32-21-7-5-4-6-8-21)16-30-34(27)26(25)20-10-12-22(13-11-20)35(38)39/h4-16,26,31H,1-3H3,(H,32,36)(H,33,37)/t26-/m0/s1. The maximum absolute atomic E-state index is 13.7. The van der Waals surface area contributed by atoms with Gasteiger partial charge in [0, 0.05) is 29.2 Å². The summed E-state index contributed by atoms with van der Waals surface area (Å²) in [4.78, 5) is 37.7. The minimum absolute atomic E-state index is 0.0710. The number of rotatable bonds is 6. The number of nitro benzene ring substituents is 1. The molecule has 3 N–H and O–H groups in total. The molecule has 2 amide bonds. The first kappa shape index (κ1) is 25.4. The van der Waals surface area contributed by atoms with E-state index in [9.17, 15) is 19.7 Å². The van der Waals surface area contributed by atoms with Crippen LogP contribution >= 0.6 is 0 Å². The zero-order valence-corrected chi connectivity index (χ0v) is 21.6.